The van der Waals surface area contributed by atoms with E-state index in [2.05, 4.69) is 18.1 Å². The number of benzene rings is 1. The molecule has 0 saturated carbocycles. The van der Waals surface area contributed by atoms with Crippen LogP contribution in [0.5, 0.6) is 5.75 Å². The summed E-state index contributed by atoms with van der Waals surface area (Å²) in [5.41, 5.74) is 2.29. The molecule has 2 rings (SSSR count). The summed E-state index contributed by atoms with van der Waals surface area (Å²) in [6, 6.07) is 4.24. The van der Waals surface area contributed by atoms with Gasteiger partial charge in [0.15, 0.2) is 0 Å². The first kappa shape index (κ1) is 11.0. The van der Waals surface area contributed by atoms with Gasteiger partial charge >= 0.3 is 0 Å². The highest BCUT2D eigenvalue weighted by atomic mass is 16.5. The van der Waals surface area contributed by atoms with Crippen molar-refractivity contribution in [2.45, 2.75) is 26.7 Å². The number of nitrogens with zero attached hydrogens (tertiary/aromatic N) is 2. The molecule has 0 atom stereocenters. The summed E-state index contributed by atoms with van der Waals surface area (Å²) in [4.78, 5) is 0. The second kappa shape index (κ2) is 4.56. The van der Waals surface area contributed by atoms with Gasteiger partial charge in [-0.05, 0) is 25.0 Å². The van der Waals surface area contributed by atoms with Crippen molar-refractivity contribution in [3.63, 3.8) is 0 Å². The van der Waals surface area contributed by atoms with Gasteiger partial charge in [-0.15, -0.1) is 0 Å². The largest absolute Gasteiger partial charge is 0.494 e. The molecule has 1 aromatic carbocycles. The normalized spacial score (nSPS) is 10.9. The standard InChI is InChI=1S/C13H18N2O/c1-4-6-10-7-11-9-15(3)14-12(11)8-13(10)16-5-2/h7-9H,4-6H2,1-3H3. The molecule has 0 aliphatic carbocycles. The molecule has 0 unspecified atom stereocenters. The predicted molar refractivity (Wildman–Crippen MR) is 65.9 cm³/mol. The van der Waals surface area contributed by atoms with E-state index in [0.29, 0.717) is 6.61 Å². The molecule has 0 aliphatic heterocycles. The topological polar surface area (TPSA) is 27.1 Å². The van der Waals surface area contributed by atoms with E-state index >= 15 is 0 Å². The molecule has 0 fully saturated rings. The fraction of sp³-hybridized carbons (Fsp3) is 0.462. The van der Waals surface area contributed by atoms with E-state index < -0.39 is 0 Å². The first-order chi connectivity index (χ1) is 7.74. The Morgan fingerprint density at radius 2 is 2.12 bits per heavy atom. The van der Waals surface area contributed by atoms with Crippen LogP contribution in [0.25, 0.3) is 10.9 Å². The van der Waals surface area contributed by atoms with Crippen LogP contribution in [0.15, 0.2) is 18.3 Å². The number of hydrogen-bond acceptors (Lipinski definition) is 2. The van der Waals surface area contributed by atoms with Gasteiger partial charge in [0.05, 0.1) is 12.1 Å². The summed E-state index contributed by atoms with van der Waals surface area (Å²) in [6.07, 6.45) is 4.23. The Bertz CT molecular complexity index is 445. The van der Waals surface area contributed by atoms with Gasteiger partial charge < -0.3 is 4.74 Å². The second-order valence-electron chi connectivity index (χ2n) is 4.00. The quantitative estimate of drug-likeness (QED) is 0.789. The molecule has 3 heteroatoms. The number of hydrogen-bond donors (Lipinski definition) is 0. The van der Waals surface area contributed by atoms with Crippen molar-refractivity contribution in [3.05, 3.63) is 23.9 Å². The Kier molecular flexibility index (Phi) is 3.13. The first-order valence-corrected chi connectivity index (χ1v) is 5.83. The summed E-state index contributed by atoms with van der Waals surface area (Å²) in [5, 5.41) is 5.58. The number of rotatable bonds is 4. The average molecular weight is 218 g/mol. The number of aryl methyl sites for hydroxylation is 2. The summed E-state index contributed by atoms with van der Waals surface area (Å²) in [7, 11) is 1.94. The fourth-order valence-corrected chi connectivity index (χ4v) is 1.98. The number of ether oxygens (including phenoxy) is 1. The molecule has 3 nitrogen and oxygen atoms in total. The smallest absolute Gasteiger partial charge is 0.124 e. The second-order valence-corrected chi connectivity index (χ2v) is 4.00. The van der Waals surface area contributed by atoms with Crippen molar-refractivity contribution in [2.75, 3.05) is 6.61 Å². The van der Waals surface area contributed by atoms with E-state index in [0.717, 1.165) is 24.1 Å². The summed E-state index contributed by atoms with van der Waals surface area (Å²) in [5.74, 6) is 0.982. The molecule has 0 spiro atoms. The Balaban J connectivity index is 2.51. The molecule has 1 aromatic heterocycles. The zero-order valence-electron chi connectivity index (χ0n) is 10.2. The van der Waals surface area contributed by atoms with Crippen LogP contribution in [0.2, 0.25) is 0 Å². The van der Waals surface area contributed by atoms with Crippen LogP contribution >= 0.6 is 0 Å². The molecule has 0 N–H and O–H groups in total. The SMILES string of the molecule is CCCc1cc2cn(C)nc2cc1OCC. The van der Waals surface area contributed by atoms with Crippen molar-refractivity contribution in [3.8, 4) is 5.75 Å². The maximum absolute atomic E-state index is 5.66. The molecule has 0 aliphatic rings. The van der Waals surface area contributed by atoms with Crippen LogP contribution in [-0.2, 0) is 13.5 Å². The summed E-state index contributed by atoms with van der Waals surface area (Å²) >= 11 is 0. The lowest BCUT2D eigenvalue weighted by Gasteiger charge is -2.09. The molecule has 2 aromatic rings. The minimum atomic E-state index is 0.703. The predicted octanol–water partition coefficient (Wildman–Crippen LogP) is 2.92. The highest BCUT2D eigenvalue weighted by molar-refractivity contribution is 5.81. The first-order valence-electron chi connectivity index (χ1n) is 5.83. The molecular weight excluding hydrogens is 200 g/mol. The maximum Gasteiger partial charge on any atom is 0.124 e. The van der Waals surface area contributed by atoms with Crippen molar-refractivity contribution in [2.24, 2.45) is 7.05 Å². The van der Waals surface area contributed by atoms with Gasteiger partial charge in [-0.3, -0.25) is 4.68 Å². The van der Waals surface area contributed by atoms with E-state index in [-0.39, 0.29) is 0 Å². The van der Waals surface area contributed by atoms with Crippen LogP contribution < -0.4 is 4.74 Å². The lowest BCUT2D eigenvalue weighted by Crippen LogP contribution is -1.96. The average Bonchev–Trinajstić information content (AvgIpc) is 2.58. The van der Waals surface area contributed by atoms with E-state index in [1.165, 1.54) is 10.9 Å². The molecule has 0 radical (unpaired) electrons. The van der Waals surface area contributed by atoms with E-state index in [1.807, 2.05) is 30.9 Å². The van der Waals surface area contributed by atoms with Crippen LogP contribution in [0.4, 0.5) is 0 Å². The van der Waals surface area contributed by atoms with Crippen molar-refractivity contribution >= 4 is 10.9 Å². The van der Waals surface area contributed by atoms with Gasteiger partial charge in [0.25, 0.3) is 0 Å². The fourth-order valence-electron chi connectivity index (χ4n) is 1.98. The molecule has 0 saturated heterocycles. The molecule has 16 heavy (non-hydrogen) atoms. The molecular formula is C13H18N2O. The zero-order valence-corrected chi connectivity index (χ0v) is 10.2. The highest BCUT2D eigenvalue weighted by Gasteiger charge is 2.07. The highest BCUT2D eigenvalue weighted by Crippen LogP contribution is 2.26. The third kappa shape index (κ3) is 2.03. The van der Waals surface area contributed by atoms with Crippen LogP contribution in [0.1, 0.15) is 25.8 Å². The Hall–Kier alpha value is -1.51. The van der Waals surface area contributed by atoms with Crippen molar-refractivity contribution in [1.29, 1.82) is 0 Å². The molecule has 0 bridgehead atoms. The van der Waals surface area contributed by atoms with Gasteiger partial charge in [0.2, 0.25) is 0 Å². The van der Waals surface area contributed by atoms with Crippen LogP contribution in [0.3, 0.4) is 0 Å². The van der Waals surface area contributed by atoms with E-state index in [1.54, 1.807) is 0 Å². The van der Waals surface area contributed by atoms with E-state index in [4.69, 9.17) is 4.74 Å². The maximum atomic E-state index is 5.66. The van der Waals surface area contributed by atoms with Gasteiger partial charge in [0, 0.05) is 24.7 Å². The van der Waals surface area contributed by atoms with E-state index in [9.17, 15) is 0 Å². The van der Waals surface area contributed by atoms with Gasteiger partial charge in [0.1, 0.15) is 5.75 Å². The van der Waals surface area contributed by atoms with Crippen LogP contribution in [0, 0.1) is 0 Å². The summed E-state index contributed by atoms with van der Waals surface area (Å²) in [6.45, 7) is 4.90. The van der Waals surface area contributed by atoms with Crippen LogP contribution in [-0.4, -0.2) is 16.4 Å². The van der Waals surface area contributed by atoms with Crippen molar-refractivity contribution in [1.82, 2.24) is 9.78 Å². The molecule has 86 valence electrons. The third-order valence-electron chi connectivity index (χ3n) is 2.62. The monoisotopic (exact) mass is 218 g/mol. The minimum absolute atomic E-state index is 0.703. The Labute approximate surface area is 96.0 Å². The Morgan fingerprint density at radius 3 is 2.81 bits per heavy atom. The minimum Gasteiger partial charge on any atom is -0.494 e. The molecule has 0 amide bonds. The number of fused-ring (bicyclic) bond motifs is 1. The van der Waals surface area contributed by atoms with Gasteiger partial charge in [-0.25, -0.2) is 0 Å². The number of aromatic nitrogens is 2. The third-order valence-corrected chi connectivity index (χ3v) is 2.62. The van der Waals surface area contributed by atoms with Crippen molar-refractivity contribution < 1.29 is 4.74 Å². The zero-order chi connectivity index (χ0) is 11.5. The Morgan fingerprint density at radius 1 is 1.31 bits per heavy atom. The molecule has 1 heterocycles. The van der Waals surface area contributed by atoms with Gasteiger partial charge in [-0.2, -0.15) is 5.10 Å². The lowest BCUT2D eigenvalue weighted by molar-refractivity contribution is 0.337. The van der Waals surface area contributed by atoms with Gasteiger partial charge in [-0.1, -0.05) is 13.3 Å². The lowest BCUT2D eigenvalue weighted by atomic mass is 10.1. The summed E-state index contributed by atoms with van der Waals surface area (Å²) < 4.78 is 7.50.